The summed E-state index contributed by atoms with van der Waals surface area (Å²) in [5, 5.41) is 7.34. The highest BCUT2D eigenvalue weighted by molar-refractivity contribution is 5.03. The molecule has 3 rings (SSSR count). The molecule has 5 heteroatoms. The lowest BCUT2D eigenvalue weighted by atomic mass is 9.96. The Labute approximate surface area is 101 Å². The molecule has 2 fully saturated rings. The normalized spacial score (nSPS) is 29.5. The first-order chi connectivity index (χ1) is 8.25. The van der Waals surface area contributed by atoms with Crippen LogP contribution in [-0.4, -0.2) is 28.8 Å². The fourth-order valence-corrected chi connectivity index (χ4v) is 2.22. The van der Waals surface area contributed by atoms with Crippen molar-refractivity contribution in [3.63, 3.8) is 0 Å². The van der Waals surface area contributed by atoms with Gasteiger partial charge in [0.25, 0.3) is 5.89 Å². The number of nitrogens with one attached hydrogen (secondary N) is 1. The minimum absolute atomic E-state index is 0.0908. The van der Waals surface area contributed by atoms with Crippen LogP contribution in [-0.2, 0) is 11.3 Å². The largest absolute Gasteiger partial charge is 0.364 e. The summed E-state index contributed by atoms with van der Waals surface area (Å²) in [6.45, 7) is 4.55. The summed E-state index contributed by atoms with van der Waals surface area (Å²) < 4.78 is 11.1. The summed E-state index contributed by atoms with van der Waals surface area (Å²) in [7, 11) is 0. The van der Waals surface area contributed by atoms with E-state index >= 15 is 0 Å². The highest BCUT2D eigenvalue weighted by Gasteiger charge is 2.30. The van der Waals surface area contributed by atoms with Crippen LogP contribution in [0, 0.1) is 0 Å². The Morgan fingerprint density at radius 3 is 3.12 bits per heavy atom. The summed E-state index contributed by atoms with van der Waals surface area (Å²) in [6, 6.07) is 0. The monoisotopic (exact) mass is 237 g/mol. The molecule has 1 saturated heterocycles. The molecule has 1 aliphatic heterocycles. The van der Waals surface area contributed by atoms with Crippen molar-refractivity contribution in [3.05, 3.63) is 11.7 Å². The average molecular weight is 237 g/mol. The Kier molecular flexibility index (Phi) is 2.88. The van der Waals surface area contributed by atoms with Gasteiger partial charge in [0.2, 0.25) is 0 Å². The van der Waals surface area contributed by atoms with Crippen molar-refractivity contribution in [2.45, 2.75) is 50.7 Å². The van der Waals surface area contributed by atoms with Crippen molar-refractivity contribution in [2.24, 2.45) is 0 Å². The second kappa shape index (κ2) is 4.38. The standard InChI is InChI=1S/C12H19N3O2/c1-12(5-2-6-13-8-12)16-7-10-14-11(15-17-10)9-3-4-9/h9,13H,2-8H2,1H3. The maximum absolute atomic E-state index is 5.91. The van der Waals surface area contributed by atoms with Crippen LogP contribution < -0.4 is 5.32 Å². The third-order valence-corrected chi connectivity index (χ3v) is 3.53. The van der Waals surface area contributed by atoms with E-state index in [1.165, 1.54) is 12.8 Å². The zero-order valence-corrected chi connectivity index (χ0v) is 10.2. The lowest BCUT2D eigenvalue weighted by Gasteiger charge is -2.33. The van der Waals surface area contributed by atoms with Crippen LogP contribution in [0.25, 0.3) is 0 Å². The number of hydrogen-bond donors (Lipinski definition) is 1. The summed E-state index contributed by atoms with van der Waals surface area (Å²) >= 11 is 0. The van der Waals surface area contributed by atoms with Gasteiger partial charge in [-0.1, -0.05) is 5.16 Å². The van der Waals surface area contributed by atoms with Crippen LogP contribution in [0.1, 0.15) is 50.2 Å². The summed E-state index contributed by atoms with van der Waals surface area (Å²) in [5.41, 5.74) is -0.0908. The average Bonchev–Trinajstić information content (AvgIpc) is 3.07. The molecule has 1 aromatic heterocycles. The Hall–Kier alpha value is -0.940. The number of rotatable bonds is 4. The van der Waals surface area contributed by atoms with Gasteiger partial charge in [0.05, 0.1) is 5.60 Å². The van der Waals surface area contributed by atoms with Gasteiger partial charge >= 0.3 is 0 Å². The molecule has 5 nitrogen and oxygen atoms in total. The number of aromatic nitrogens is 2. The first kappa shape index (κ1) is 11.2. The molecule has 2 heterocycles. The summed E-state index contributed by atoms with van der Waals surface area (Å²) in [4.78, 5) is 4.36. The van der Waals surface area contributed by atoms with Gasteiger partial charge in [-0.25, -0.2) is 0 Å². The molecule has 1 aliphatic carbocycles. The van der Waals surface area contributed by atoms with E-state index in [1.807, 2.05) is 0 Å². The van der Waals surface area contributed by atoms with E-state index in [1.54, 1.807) is 0 Å². The highest BCUT2D eigenvalue weighted by atomic mass is 16.5. The number of ether oxygens (including phenoxy) is 1. The Morgan fingerprint density at radius 1 is 1.53 bits per heavy atom. The molecule has 0 bridgehead atoms. The second-order valence-electron chi connectivity index (χ2n) is 5.34. The van der Waals surface area contributed by atoms with Gasteiger partial charge in [-0.3, -0.25) is 0 Å². The van der Waals surface area contributed by atoms with E-state index in [4.69, 9.17) is 9.26 Å². The minimum atomic E-state index is -0.0908. The fraction of sp³-hybridized carbons (Fsp3) is 0.833. The molecule has 1 N–H and O–H groups in total. The van der Waals surface area contributed by atoms with E-state index in [2.05, 4.69) is 22.4 Å². The molecule has 94 valence electrons. The zero-order valence-electron chi connectivity index (χ0n) is 10.2. The van der Waals surface area contributed by atoms with Crippen LogP contribution in [0.15, 0.2) is 4.52 Å². The number of piperidine rings is 1. The zero-order chi connectivity index (χ0) is 11.7. The topological polar surface area (TPSA) is 60.2 Å². The molecule has 0 amide bonds. The van der Waals surface area contributed by atoms with E-state index in [0.717, 1.165) is 31.8 Å². The van der Waals surface area contributed by atoms with E-state index in [0.29, 0.717) is 18.4 Å². The molecule has 0 aromatic carbocycles. The molecule has 0 spiro atoms. The molecular weight excluding hydrogens is 218 g/mol. The molecular formula is C12H19N3O2. The third-order valence-electron chi connectivity index (χ3n) is 3.53. The van der Waals surface area contributed by atoms with Crippen LogP contribution in [0.3, 0.4) is 0 Å². The van der Waals surface area contributed by atoms with Crippen LogP contribution in [0.4, 0.5) is 0 Å². The first-order valence-electron chi connectivity index (χ1n) is 6.42. The summed E-state index contributed by atoms with van der Waals surface area (Å²) in [6.07, 6.45) is 4.64. The fourth-order valence-electron chi connectivity index (χ4n) is 2.22. The molecule has 2 aliphatic rings. The molecule has 1 saturated carbocycles. The Bertz CT molecular complexity index is 381. The van der Waals surface area contributed by atoms with Crippen LogP contribution in [0.5, 0.6) is 0 Å². The van der Waals surface area contributed by atoms with Gasteiger partial charge in [0.15, 0.2) is 5.82 Å². The van der Waals surface area contributed by atoms with Gasteiger partial charge in [0.1, 0.15) is 6.61 Å². The van der Waals surface area contributed by atoms with Crippen LogP contribution in [0.2, 0.25) is 0 Å². The minimum Gasteiger partial charge on any atom is -0.364 e. The maximum Gasteiger partial charge on any atom is 0.252 e. The highest BCUT2D eigenvalue weighted by Crippen LogP contribution is 2.38. The number of nitrogens with zero attached hydrogens (tertiary/aromatic N) is 2. The van der Waals surface area contributed by atoms with Crippen molar-refractivity contribution >= 4 is 0 Å². The molecule has 0 radical (unpaired) electrons. The van der Waals surface area contributed by atoms with Gasteiger partial charge in [0, 0.05) is 12.5 Å². The van der Waals surface area contributed by atoms with Gasteiger partial charge in [-0.15, -0.1) is 0 Å². The lowest BCUT2D eigenvalue weighted by Crippen LogP contribution is -2.45. The predicted octanol–water partition coefficient (Wildman–Crippen LogP) is 1.61. The molecule has 1 atom stereocenters. The van der Waals surface area contributed by atoms with E-state index in [-0.39, 0.29) is 5.60 Å². The number of hydrogen-bond acceptors (Lipinski definition) is 5. The van der Waals surface area contributed by atoms with E-state index in [9.17, 15) is 0 Å². The third kappa shape index (κ3) is 2.66. The first-order valence-corrected chi connectivity index (χ1v) is 6.42. The van der Waals surface area contributed by atoms with Gasteiger partial charge in [-0.05, 0) is 39.2 Å². The summed E-state index contributed by atoms with van der Waals surface area (Å²) in [5.74, 6) is 2.01. The molecule has 1 unspecified atom stereocenters. The van der Waals surface area contributed by atoms with Crippen molar-refractivity contribution in [1.82, 2.24) is 15.5 Å². The SMILES string of the molecule is CC1(OCc2nc(C3CC3)no2)CCCNC1. The van der Waals surface area contributed by atoms with Crippen molar-refractivity contribution in [3.8, 4) is 0 Å². The van der Waals surface area contributed by atoms with Crippen molar-refractivity contribution in [2.75, 3.05) is 13.1 Å². The predicted molar refractivity (Wildman–Crippen MR) is 61.6 cm³/mol. The van der Waals surface area contributed by atoms with E-state index < -0.39 is 0 Å². The van der Waals surface area contributed by atoms with Crippen molar-refractivity contribution < 1.29 is 9.26 Å². The Balaban J connectivity index is 1.55. The maximum atomic E-state index is 5.91. The van der Waals surface area contributed by atoms with Crippen molar-refractivity contribution in [1.29, 1.82) is 0 Å². The second-order valence-corrected chi connectivity index (χ2v) is 5.34. The Morgan fingerprint density at radius 2 is 2.41 bits per heavy atom. The van der Waals surface area contributed by atoms with Crippen LogP contribution >= 0.6 is 0 Å². The lowest BCUT2D eigenvalue weighted by molar-refractivity contribution is -0.0654. The quantitative estimate of drug-likeness (QED) is 0.862. The van der Waals surface area contributed by atoms with Gasteiger partial charge in [-0.2, -0.15) is 4.98 Å². The smallest absolute Gasteiger partial charge is 0.252 e. The molecule has 17 heavy (non-hydrogen) atoms. The molecule has 1 aromatic rings. The van der Waals surface area contributed by atoms with Gasteiger partial charge < -0.3 is 14.6 Å².